The van der Waals surface area contributed by atoms with Crippen molar-refractivity contribution in [3.63, 3.8) is 0 Å². The van der Waals surface area contributed by atoms with E-state index in [0.29, 0.717) is 25.8 Å². The van der Waals surface area contributed by atoms with Crippen LogP contribution in [-0.4, -0.2) is 30.1 Å². The Hall–Kier alpha value is -1.10. The van der Waals surface area contributed by atoms with Crippen LogP contribution < -0.4 is 11.1 Å². The third-order valence-corrected chi connectivity index (χ3v) is 4.38. The van der Waals surface area contributed by atoms with Crippen molar-refractivity contribution in [3.8, 4) is 0 Å². The van der Waals surface area contributed by atoms with E-state index in [4.69, 9.17) is 5.73 Å². The number of aliphatic carboxylic acids is 1. The first-order valence-corrected chi connectivity index (χ1v) is 7.91. The molecule has 1 saturated carbocycles. The van der Waals surface area contributed by atoms with Crippen molar-refractivity contribution < 1.29 is 14.7 Å². The van der Waals surface area contributed by atoms with Gasteiger partial charge < -0.3 is 16.2 Å². The molecule has 0 heterocycles. The van der Waals surface area contributed by atoms with E-state index in [-0.39, 0.29) is 23.8 Å². The van der Waals surface area contributed by atoms with Gasteiger partial charge in [-0.15, -0.1) is 0 Å². The summed E-state index contributed by atoms with van der Waals surface area (Å²) in [7, 11) is 0. The quantitative estimate of drug-likeness (QED) is 0.700. The van der Waals surface area contributed by atoms with Gasteiger partial charge in [0.05, 0.1) is 11.3 Å². The third-order valence-electron chi connectivity index (χ3n) is 4.38. The molecule has 1 rings (SSSR count). The van der Waals surface area contributed by atoms with Crippen LogP contribution in [-0.2, 0) is 9.59 Å². The first-order valence-electron chi connectivity index (χ1n) is 7.91. The zero-order chi connectivity index (χ0) is 16.1. The topological polar surface area (TPSA) is 92.4 Å². The molecule has 0 aromatic carbocycles. The Labute approximate surface area is 127 Å². The number of nitrogens with one attached hydrogen (secondary N) is 1. The summed E-state index contributed by atoms with van der Waals surface area (Å²) in [5, 5.41) is 12.4. The van der Waals surface area contributed by atoms with Crippen LogP contribution in [0.5, 0.6) is 0 Å². The van der Waals surface area contributed by atoms with Crippen LogP contribution in [0.1, 0.15) is 59.3 Å². The van der Waals surface area contributed by atoms with Crippen molar-refractivity contribution in [1.82, 2.24) is 5.32 Å². The van der Waals surface area contributed by atoms with Gasteiger partial charge >= 0.3 is 5.97 Å². The van der Waals surface area contributed by atoms with Gasteiger partial charge in [-0.1, -0.05) is 40.0 Å². The van der Waals surface area contributed by atoms with Gasteiger partial charge in [-0.25, -0.2) is 0 Å². The fourth-order valence-electron chi connectivity index (χ4n) is 3.12. The number of carboxylic acids is 1. The van der Waals surface area contributed by atoms with Crippen LogP contribution in [0.4, 0.5) is 0 Å². The van der Waals surface area contributed by atoms with Crippen molar-refractivity contribution in [1.29, 1.82) is 0 Å². The van der Waals surface area contributed by atoms with Crippen molar-refractivity contribution in [3.05, 3.63) is 0 Å². The predicted molar refractivity (Wildman–Crippen MR) is 82.8 cm³/mol. The minimum atomic E-state index is -0.789. The fourth-order valence-corrected chi connectivity index (χ4v) is 3.12. The van der Waals surface area contributed by atoms with Crippen LogP contribution >= 0.6 is 0 Å². The van der Waals surface area contributed by atoms with Crippen LogP contribution in [0.3, 0.4) is 0 Å². The van der Waals surface area contributed by atoms with Crippen molar-refractivity contribution in [2.45, 2.75) is 59.3 Å². The average Bonchev–Trinajstić information content (AvgIpc) is 2.42. The van der Waals surface area contributed by atoms with Crippen molar-refractivity contribution in [2.75, 3.05) is 13.1 Å². The lowest BCUT2D eigenvalue weighted by Gasteiger charge is -2.34. The van der Waals surface area contributed by atoms with E-state index in [0.717, 1.165) is 19.3 Å². The number of carbonyl (C=O) groups is 2. The average molecular weight is 298 g/mol. The minimum absolute atomic E-state index is 0.0245. The summed E-state index contributed by atoms with van der Waals surface area (Å²) in [4.78, 5) is 23.9. The van der Waals surface area contributed by atoms with Gasteiger partial charge in [0, 0.05) is 13.1 Å². The fraction of sp³-hybridized carbons (Fsp3) is 0.875. The summed E-state index contributed by atoms with van der Waals surface area (Å²) in [6.07, 6.45) is 4.92. The van der Waals surface area contributed by atoms with E-state index in [1.165, 1.54) is 0 Å². The molecule has 5 nitrogen and oxygen atoms in total. The summed E-state index contributed by atoms with van der Waals surface area (Å²) in [6.45, 7) is 6.74. The zero-order valence-corrected chi connectivity index (χ0v) is 13.6. The molecule has 0 aromatic rings. The highest BCUT2D eigenvalue weighted by molar-refractivity contribution is 5.81. The minimum Gasteiger partial charge on any atom is -0.481 e. The second kappa shape index (κ2) is 7.25. The first kappa shape index (κ1) is 18.0. The van der Waals surface area contributed by atoms with E-state index in [1.807, 2.05) is 0 Å². The Morgan fingerprint density at radius 1 is 1.24 bits per heavy atom. The highest BCUT2D eigenvalue weighted by atomic mass is 16.4. The standard InChI is InChI=1S/C16H30N2O3/c1-15(2,3)9-12(10-17)13(19)18-11-16(14(20)21)7-5-4-6-8-16/h12H,4-11,17H2,1-3H3,(H,18,19)(H,20,21). The molecular formula is C16H30N2O3. The van der Waals surface area contributed by atoms with Crippen molar-refractivity contribution in [2.24, 2.45) is 22.5 Å². The van der Waals surface area contributed by atoms with Crippen LogP contribution in [0.25, 0.3) is 0 Å². The Balaban J connectivity index is 2.62. The molecule has 1 unspecified atom stereocenters. The van der Waals surface area contributed by atoms with E-state index in [9.17, 15) is 14.7 Å². The van der Waals surface area contributed by atoms with Gasteiger partial charge in [-0.2, -0.15) is 0 Å². The van der Waals surface area contributed by atoms with Crippen molar-refractivity contribution >= 4 is 11.9 Å². The third kappa shape index (κ3) is 5.30. The second-order valence-electron chi connectivity index (χ2n) is 7.56. The maximum atomic E-state index is 12.3. The lowest BCUT2D eigenvalue weighted by Crippen LogP contribution is -2.47. The monoisotopic (exact) mass is 298 g/mol. The summed E-state index contributed by atoms with van der Waals surface area (Å²) in [5.41, 5.74) is 4.95. The largest absolute Gasteiger partial charge is 0.481 e. The van der Waals surface area contributed by atoms with Crippen LogP contribution in [0.2, 0.25) is 0 Å². The maximum absolute atomic E-state index is 12.3. The molecule has 0 bridgehead atoms. The summed E-state index contributed by atoms with van der Waals surface area (Å²) >= 11 is 0. The molecule has 1 aliphatic rings. The molecule has 1 amide bonds. The van der Waals surface area contributed by atoms with E-state index in [1.54, 1.807) is 0 Å². The Kier molecular flexibility index (Phi) is 6.20. The number of amides is 1. The second-order valence-corrected chi connectivity index (χ2v) is 7.56. The molecule has 4 N–H and O–H groups in total. The van der Waals surface area contributed by atoms with E-state index < -0.39 is 11.4 Å². The molecule has 1 atom stereocenters. The van der Waals surface area contributed by atoms with Gasteiger partial charge in [0.15, 0.2) is 0 Å². The predicted octanol–water partition coefficient (Wildman–Crippen LogP) is 2.15. The molecule has 0 radical (unpaired) electrons. The Morgan fingerprint density at radius 2 is 1.81 bits per heavy atom. The molecule has 0 spiro atoms. The lowest BCUT2D eigenvalue weighted by atomic mass is 9.74. The number of carbonyl (C=O) groups excluding carboxylic acids is 1. The van der Waals surface area contributed by atoms with E-state index >= 15 is 0 Å². The van der Waals surface area contributed by atoms with Crippen LogP contribution in [0, 0.1) is 16.7 Å². The summed E-state index contributed by atoms with van der Waals surface area (Å²) in [6, 6.07) is 0. The molecule has 0 aliphatic heterocycles. The SMILES string of the molecule is CC(C)(C)CC(CN)C(=O)NCC1(C(=O)O)CCCCC1. The molecule has 5 heteroatoms. The number of rotatable bonds is 6. The summed E-state index contributed by atoms with van der Waals surface area (Å²) < 4.78 is 0. The van der Waals surface area contributed by atoms with Gasteiger partial charge in [0.25, 0.3) is 0 Å². The molecule has 0 aromatic heterocycles. The van der Waals surface area contributed by atoms with Crippen LogP contribution in [0.15, 0.2) is 0 Å². The molecular weight excluding hydrogens is 268 g/mol. The van der Waals surface area contributed by atoms with E-state index in [2.05, 4.69) is 26.1 Å². The molecule has 21 heavy (non-hydrogen) atoms. The maximum Gasteiger partial charge on any atom is 0.311 e. The van der Waals surface area contributed by atoms with Gasteiger partial charge in [-0.3, -0.25) is 9.59 Å². The number of hydrogen-bond donors (Lipinski definition) is 3. The Bertz CT molecular complexity index is 368. The lowest BCUT2D eigenvalue weighted by molar-refractivity contribution is -0.151. The number of hydrogen-bond acceptors (Lipinski definition) is 3. The zero-order valence-electron chi connectivity index (χ0n) is 13.6. The normalized spacial score (nSPS) is 19.8. The molecule has 1 fully saturated rings. The molecule has 1 aliphatic carbocycles. The Morgan fingerprint density at radius 3 is 2.24 bits per heavy atom. The highest BCUT2D eigenvalue weighted by Crippen LogP contribution is 2.36. The molecule has 122 valence electrons. The van der Waals surface area contributed by atoms with Gasteiger partial charge in [-0.05, 0) is 24.7 Å². The molecule has 0 saturated heterocycles. The van der Waals surface area contributed by atoms with Gasteiger partial charge in [0.1, 0.15) is 0 Å². The summed E-state index contributed by atoms with van der Waals surface area (Å²) in [5.74, 6) is -1.15. The number of carboxylic acid groups (broad SMARTS) is 1. The number of nitrogens with two attached hydrogens (primary N) is 1. The smallest absolute Gasteiger partial charge is 0.311 e. The highest BCUT2D eigenvalue weighted by Gasteiger charge is 2.40. The first-order chi connectivity index (χ1) is 9.70. The van der Waals surface area contributed by atoms with Gasteiger partial charge in [0.2, 0.25) is 5.91 Å².